The number of urea groups is 1. The molecule has 0 radical (unpaired) electrons. The Morgan fingerprint density at radius 1 is 1.09 bits per heavy atom. The Hall–Kier alpha value is -2.95. The van der Waals surface area contributed by atoms with Crippen LogP contribution in [0.2, 0.25) is 0 Å². The summed E-state index contributed by atoms with van der Waals surface area (Å²) in [7, 11) is 0. The molecule has 4 nitrogen and oxygen atoms in total. The highest BCUT2D eigenvalue weighted by Crippen LogP contribution is 2.19. The maximum absolute atomic E-state index is 13.7. The zero-order valence-electron chi connectivity index (χ0n) is 12.5. The highest BCUT2D eigenvalue weighted by atomic mass is 19.1. The molecule has 1 saturated heterocycles. The van der Waals surface area contributed by atoms with Crippen molar-refractivity contribution in [3.8, 4) is 0 Å². The normalized spacial score (nSPS) is 16.1. The SMILES string of the molecule is Cc1ccccc1/C=C1/NC(=O)N(Cc2ccccc2F)C1=O. The number of carbonyl (C=O) groups is 2. The summed E-state index contributed by atoms with van der Waals surface area (Å²) in [5, 5.41) is 2.55. The van der Waals surface area contributed by atoms with Gasteiger partial charge in [0, 0.05) is 5.56 Å². The third-order valence-electron chi connectivity index (χ3n) is 3.74. The molecule has 1 fully saturated rings. The smallest absolute Gasteiger partial charge is 0.303 e. The van der Waals surface area contributed by atoms with E-state index in [9.17, 15) is 14.0 Å². The van der Waals surface area contributed by atoms with E-state index in [0.29, 0.717) is 5.56 Å². The number of carbonyl (C=O) groups excluding carboxylic acids is 2. The number of halogens is 1. The highest BCUT2D eigenvalue weighted by Gasteiger charge is 2.33. The van der Waals surface area contributed by atoms with Gasteiger partial charge in [-0.05, 0) is 30.2 Å². The van der Waals surface area contributed by atoms with Gasteiger partial charge in [0.15, 0.2) is 0 Å². The van der Waals surface area contributed by atoms with Gasteiger partial charge in [-0.3, -0.25) is 9.69 Å². The molecule has 1 aliphatic heterocycles. The molecule has 0 bridgehead atoms. The van der Waals surface area contributed by atoms with Gasteiger partial charge in [0.05, 0.1) is 6.54 Å². The average molecular weight is 310 g/mol. The average Bonchev–Trinajstić information content (AvgIpc) is 2.79. The van der Waals surface area contributed by atoms with Gasteiger partial charge in [-0.25, -0.2) is 9.18 Å². The summed E-state index contributed by atoms with van der Waals surface area (Å²) in [5.74, 6) is -0.897. The fourth-order valence-corrected chi connectivity index (χ4v) is 2.42. The molecule has 2 aromatic carbocycles. The number of nitrogens with zero attached hydrogens (tertiary/aromatic N) is 1. The second kappa shape index (κ2) is 6.04. The van der Waals surface area contributed by atoms with Crippen molar-refractivity contribution in [3.05, 3.63) is 76.7 Å². The van der Waals surface area contributed by atoms with E-state index < -0.39 is 17.8 Å². The number of aryl methyl sites for hydroxylation is 1. The minimum Gasteiger partial charge on any atom is -0.303 e. The standard InChI is InChI=1S/C18H15FN2O2/c1-12-6-2-3-7-13(12)10-16-17(22)21(18(23)20-16)11-14-8-4-5-9-15(14)19/h2-10H,11H2,1H3,(H,20,23)/b16-10+. The van der Waals surface area contributed by atoms with Crippen molar-refractivity contribution in [2.75, 3.05) is 0 Å². The fourth-order valence-electron chi connectivity index (χ4n) is 2.42. The minimum absolute atomic E-state index is 0.0948. The number of hydrogen-bond donors (Lipinski definition) is 1. The molecule has 1 aliphatic rings. The first kappa shape index (κ1) is 15.0. The summed E-state index contributed by atoms with van der Waals surface area (Å²) >= 11 is 0. The van der Waals surface area contributed by atoms with E-state index in [4.69, 9.17) is 0 Å². The van der Waals surface area contributed by atoms with E-state index in [-0.39, 0.29) is 12.2 Å². The molecule has 1 heterocycles. The number of nitrogens with one attached hydrogen (secondary N) is 1. The van der Waals surface area contributed by atoms with E-state index in [0.717, 1.165) is 16.0 Å². The molecule has 3 rings (SSSR count). The monoisotopic (exact) mass is 310 g/mol. The van der Waals surface area contributed by atoms with Crippen LogP contribution in [0, 0.1) is 12.7 Å². The van der Waals surface area contributed by atoms with E-state index in [1.807, 2.05) is 31.2 Å². The van der Waals surface area contributed by atoms with E-state index >= 15 is 0 Å². The van der Waals surface area contributed by atoms with Gasteiger partial charge in [0.25, 0.3) is 5.91 Å². The van der Waals surface area contributed by atoms with Crippen LogP contribution in [0.4, 0.5) is 9.18 Å². The summed E-state index contributed by atoms with van der Waals surface area (Å²) in [6, 6.07) is 13.1. The molecule has 0 aliphatic carbocycles. The Balaban J connectivity index is 1.86. The summed E-state index contributed by atoms with van der Waals surface area (Å²) in [6.45, 7) is 1.83. The number of benzene rings is 2. The van der Waals surface area contributed by atoms with Gasteiger partial charge in [0.1, 0.15) is 11.5 Å². The lowest BCUT2D eigenvalue weighted by Crippen LogP contribution is -2.30. The van der Waals surface area contributed by atoms with Gasteiger partial charge in [-0.1, -0.05) is 42.5 Å². The first-order valence-electron chi connectivity index (χ1n) is 7.20. The lowest BCUT2D eigenvalue weighted by Gasteiger charge is -2.12. The first-order valence-corrected chi connectivity index (χ1v) is 7.20. The maximum atomic E-state index is 13.7. The van der Waals surface area contributed by atoms with Gasteiger partial charge in [0.2, 0.25) is 0 Å². The Labute approximate surface area is 133 Å². The van der Waals surface area contributed by atoms with Crippen molar-refractivity contribution in [1.82, 2.24) is 10.2 Å². The molecule has 0 unspecified atom stereocenters. The Kier molecular flexibility index (Phi) is 3.93. The van der Waals surface area contributed by atoms with E-state index in [1.54, 1.807) is 24.3 Å². The minimum atomic E-state index is -0.543. The second-order valence-electron chi connectivity index (χ2n) is 5.33. The molecule has 5 heteroatoms. The number of imide groups is 1. The Bertz CT molecular complexity index is 814. The highest BCUT2D eigenvalue weighted by molar-refractivity contribution is 6.13. The molecule has 23 heavy (non-hydrogen) atoms. The quantitative estimate of drug-likeness (QED) is 0.699. The predicted octanol–water partition coefficient (Wildman–Crippen LogP) is 3.23. The topological polar surface area (TPSA) is 49.4 Å². The number of amides is 3. The van der Waals surface area contributed by atoms with Crippen molar-refractivity contribution in [2.24, 2.45) is 0 Å². The fraction of sp³-hybridized carbons (Fsp3) is 0.111. The van der Waals surface area contributed by atoms with Crippen LogP contribution in [0.5, 0.6) is 0 Å². The van der Waals surface area contributed by atoms with Crippen molar-refractivity contribution >= 4 is 18.0 Å². The molecule has 2 aromatic rings. The molecule has 3 amide bonds. The Morgan fingerprint density at radius 2 is 1.78 bits per heavy atom. The van der Waals surface area contributed by atoms with Crippen molar-refractivity contribution in [3.63, 3.8) is 0 Å². The van der Waals surface area contributed by atoms with Gasteiger partial charge >= 0.3 is 6.03 Å². The first-order chi connectivity index (χ1) is 11.1. The van der Waals surface area contributed by atoms with Crippen molar-refractivity contribution in [2.45, 2.75) is 13.5 Å². The zero-order valence-corrected chi connectivity index (χ0v) is 12.5. The van der Waals surface area contributed by atoms with Crippen LogP contribution in [0.25, 0.3) is 6.08 Å². The summed E-state index contributed by atoms with van der Waals surface area (Å²) in [5.41, 5.74) is 2.34. The van der Waals surface area contributed by atoms with E-state index in [2.05, 4.69) is 5.32 Å². The summed E-state index contributed by atoms with van der Waals surface area (Å²) < 4.78 is 13.7. The summed E-state index contributed by atoms with van der Waals surface area (Å²) in [4.78, 5) is 25.4. The largest absolute Gasteiger partial charge is 0.329 e. The van der Waals surface area contributed by atoms with Crippen LogP contribution in [0.15, 0.2) is 54.2 Å². The lowest BCUT2D eigenvalue weighted by molar-refractivity contribution is -0.123. The second-order valence-corrected chi connectivity index (χ2v) is 5.33. The third kappa shape index (κ3) is 2.99. The van der Waals surface area contributed by atoms with Crippen LogP contribution in [0.1, 0.15) is 16.7 Å². The summed E-state index contributed by atoms with van der Waals surface area (Å²) in [6.07, 6.45) is 1.64. The molecular weight excluding hydrogens is 295 g/mol. The van der Waals surface area contributed by atoms with Crippen molar-refractivity contribution < 1.29 is 14.0 Å². The van der Waals surface area contributed by atoms with Gasteiger partial charge in [-0.15, -0.1) is 0 Å². The maximum Gasteiger partial charge on any atom is 0.329 e. The van der Waals surface area contributed by atoms with Crippen LogP contribution >= 0.6 is 0 Å². The van der Waals surface area contributed by atoms with E-state index in [1.165, 1.54) is 6.07 Å². The molecule has 0 spiro atoms. The van der Waals surface area contributed by atoms with Gasteiger partial charge < -0.3 is 5.32 Å². The van der Waals surface area contributed by atoms with Crippen LogP contribution in [0.3, 0.4) is 0 Å². The molecule has 116 valence electrons. The van der Waals surface area contributed by atoms with Crippen molar-refractivity contribution in [1.29, 1.82) is 0 Å². The number of rotatable bonds is 3. The zero-order chi connectivity index (χ0) is 16.4. The predicted molar refractivity (Wildman–Crippen MR) is 84.6 cm³/mol. The molecule has 0 saturated carbocycles. The van der Waals surface area contributed by atoms with Crippen LogP contribution < -0.4 is 5.32 Å². The lowest BCUT2D eigenvalue weighted by atomic mass is 10.1. The molecule has 1 N–H and O–H groups in total. The molecule has 0 atom stereocenters. The van der Waals surface area contributed by atoms with Crippen LogP contribution in [-0.2, 0) is 11.3 Å². The third-order valence-corrected chi connectivity index (χ3v) is 3.74. The van der Waals surface area contributed by atoms with Crippen LogP contribution in [-0.4, -0.2) is 16.8 Å². The van der Waals surface area contributed by atoms with Gasteiger partial charge in [-0.2, -0.15) is 0 Å². The molecule has 0 aromatic heterocycles. The number of hydrogen-bond acceptors (Lipinski definition) is 2. The molecular formula is C18H15FN2O2. The Morgan fingerprint density at radius 3 is 2.52 bits per heavy atom.